The maximum atomic E-state index is 12.4. The highest BCUT2D eigenvalue weighted by Gasteiger charge is 2.43. The second-order valence-corrected chi connectivity index (χ2v) is 8.46. The Bertz CT molecular complexity index is 885. The van der Waals surface area contributed by atoms with Crippen molar-refractivity contribution in [2.24, 2.45) is 11.8 Å². The van der Waals surface area contributed by atoms with E-state index in [-0.39, 0.29) is 31.1 Å². The molecule has 2 aliphatic rings. The van der Waals surface area contributed by atoms with Crippen LogP contribution in [-0.2, 0) is 16.1 Å². The number of hydrogen-bond donors (Lipinski definition) is 0. The molecule has 1 aromatic heterocycles. The third kappa shape index (κ3) is 4.77. The molecule has 1 saturated carbocycles. The van der Waals surface area contributed by atoms with E-state index in [1.807, 2.05) is 24.3 Å². The Kier molecular flexibility index (Phi) is 6.26. The number of likely N-dealkylation sites (tertiary alicyclic amines) is 1. The largest absolute Gasteiger partial charge is 0.490 e. The molecular weight excluding hydrogens is 456 g/mol. The van der Waals surface area contributed by atoms with Gasteiger partial charge in [-0.2, -0.15) is 0 Å². The van der Waals surface area contributed by atoms with Crippen molar-refractivity contribution in [3.8, 4) is 5.75 Å². The molecular formula is C21H23BrN2O6. The van der Waals surface area contributed by atoms with Crippen LogP contribution in [0.2, 0.25) is 0 Å². The van der Waals surface area contributed by atoms with E-state index < -0.39 is 5.97 Å². The third-order valence-corrected chi connectivity index (χ3v) is 5.99. The van der Waals surface area contributed by atoms with E-state index in [0.29, 0.717) is 30.7 Å². The zero-order valence-corrected chi connectivity index (χ0v) is 18.2. The van der Waals surface area contributed by atoms with Crippen molar-refractivity contribution < 1.29 is 28.3 Å². The molecule has 1 unspecified atom stereocenters. The predicted molar refractivity (Wildman–Crippen MR) is 109 cm³/mol. The molecule has 30 heavy (non-hydrogen) atoms. The summed E-state index contributed by atoms with van der Waals surface area (Å²) in [6.07, 6.45) is 1.64. The molecule has 1 saturated heterocycles. The minimum Gasteiger partial charge on any atom is -0.490 e. The molecule has 0 spiro atoms. The van der Waals surface area contributed by atoms with Gasteiger partial charge in [0.1, 0.15) is 5.75 Å². The number of hydrogen-bond acceptors (Lipinski definition) is 7. The van der Waals surface area contributed by atoms with Gasteiger partial charge in [0, 0.05) is 23.6 Å². The van der Waals surface area contributed by atoms with Gasteiger partial charge in [-0.1, -0.05) is 21.1 Å². The van der Waals surface area contributed by atoms with Crippen LogP contribution in [0.1, 0.15) is 36.0 Å². The van der Waals surface area contributed by atoms with Gasteiger partial charge >= 0.3 is 12.1 Å². The van der Waals surface area contributed by atoms with Crippen LogP contribution in [0.25, 0.3) is 0 Å². The minimum absolute atomic E-state index is 0.0652. The molecule has 1 amide bonds. The van der Waals surface area contributed by atoms with Gasteiger partial charge < -0.3 is 23.6 Å². The van der Waals surface area contributed by atoms with Crippen LogP contribution in [0, 0.1) is 11.8 Å². The van der Waals surface area contributed by atoms with Crippen molar-refractivity contribution in [1.82, 2.24) is 10.1 Å². The minimum atomic E-state index is -0.564. The quantitative estimate of drug-likeness (QED) is 0.578. The van der Waals surface area contributed by atoms with E-state index >= 15 is 0 Å². The third-order valence-electron chi connectivity index (χ3n) is 5.46. The Labute approximate surface area is 182 Å². The number of fused-ring (bicyclic) bond motifs is 1. The van der Waals surface area contributed by atoms with Gasteiger partial charge in [0.25, 0.3) is 0 Å². The molecule has 0 N–H and O–H groups in total. The smallest absolute Gasteiger partial charge is 0.410 e. The van der Waals surface area contributed by atoms with Gasteiger partial charge in [-0.25, -0.2) is 9.59 Å². The average molecular weight is 479 g/mol. The first-order chi connectivity index (χ1) is 14.5. The van der Waals surface area contributed by atoms with Crippen LogP contribution < -0.4 is 4.74 Å². The second kappa shape index (κ2) is 9.07. The van der Waals surface area contributed by atoms with Crippen molar-refractivity contribution in [1.29, 1.82) is 0 Å². The Morgan fingerprint density at radius 1 is 1.17 bits per heavy atom. The fourth-order valence-corrected chi connectivity index (χ4v) is 4.37. The number of ether oxygens (including phenoxy) is 3. The van der Waals surface area contributed by atoms with Crippen molar-refractivity contribution in [3.05, 3.63) is 46.3 Å². The van der Waals surface area contributed by atoms with Crippen LogP contribution >= 0.6 is 15.9 Å². The molecule has 2 fully saturated rings. The first kappa shape index (κ1) is 20.7. The zero-order chi connectivity index (χ0) is 21.1. The van der Waals surface area contributed by atoms with Gasteiger partial charge in [0.05, 0.1) is 12.7 Å². The Hall–Kier alpha value is -2.55. The predicted octanol–water partition coefficient (Wildman–Crippen LogP) is 4.04. The number of benzene rings is 1. The van der Waals surface area contributed by atoms with Crippen LogP contribution in [-0.4, -0.2) is 47.9 Å². The van der Waals surface area contributed by atoms with Crippen molar-refractivity contribution >= 4 is 28.0 Å². The number of amides is 1. The van der Waals surface area contributed by atoms with Crippen LogP contribution in [0.3, 0.4) is 0 Å². The molecule has 3 atom stereocenters. The Morgan fingerprint density at radius 3 is 2.53 bits per heavy atom. The highest BCUT2D eigenvalue weighted by atomic mass is 79.9. The summed E-state index contributed by atoms with van der Waals surface area (Å²) < 4.78 is 22.3. The van der Waals surface area contributed by atoms with E-state index in [9.17, 15) is 9.59 Å². The van der Waals surface area contributed by atoms with E-state index in [0.717, 1.165) is 23.1 Å². The van der Waals surface area contributed by atoms with Crippen LogP contribution in [0.15, 0.2) is 39.3 Å². The van der Waals surface area contributed by atoms with E-state index in [1.54, 1.807) is 11.8 Å². The van der Waals surface area contributed by atoms with E-state index in [1.165, 1.54) is 6.07 Å². The van der Waals surface area contributed by atoms with Gasteiger partial charge in [-0.05, 0) is 55.9 Å². The highest BCUT2D eigenvalue weighted by molar-refractivity contribution is 9.10. The lowest BCUT2D eigenvalue weighted by Crippen LogP contribution is -2.31. The maximum Gasteiger partial charge on any atom is 0.410 e. The lowest BCUT2D eigenvalue weighted by molar-refractivity contribution is 0.0513. The monoisotopic (exact) mass is 478 g/mol. The van der Waals surface area contributed by atoms with E-state index in [4.69, 9.17) is 18.7 Å². The molecule has 1 aromatic carbocycles. The number of halogens is 1. The maximum absolute atomic E-state index is 12.4. The van der Waals surface area contributed by atoms with Gasteiger partial charge in [-0.3, -0.25) is 0 Å². The number of esters is 1. The zero-order valence-electron chi connectivity index (χ0n) is 16.6. The van der Waals surface area contributed by atoms with Gasteiger partial charge in [0.15, 0.2) is 18.1 Å². The summed E-state index contributed by atoms with van der Waals surface area (Å²) in [5.74, 6) is 1.44. The number of nitrogens with zero attached hydrogens (tertiary/aromatic N) is 2. The molecule has 0 bridgehead atoms. The molecule has 1 aliphatic heterocycles. The molecule has 2 heterocycles. The summed E-state index contributed by atoms with van der Waals surface area (Å²) in [6, 6.07) is 9.27. The van der Waals surface area contributed by atoms with Crippen molar-refractivity contribution in [3.63, 3.8) is 0 Å². The van der Waals surface area contributed by atoms with Gasteiger partial charge in [-0.15, -0.1) is 0 Å². The first-order valence-electron chi connectivity index (χ1n) is 9.98. The number of carbonyl (C=O) groups is 2. The van der Waals surface area contributed by atoms with Crippen LogP contribution in [0.5, 0.6) is 5.75 Å². The number of carbonyl (C=O) groups excluding carboxylic acids is 2. The fourth-order valence-electron chi connectivity index (χ4n) is 4.10. The van der Waals surface area contributed by atoms with E-state index in [2.05, 4.69) is 21.1 Å². The summed E-state index contributed by atoms with van der Waals surface area (Å²) in [6.45, 7) is 3.21. The van der Waals surface area contributed by atoms with Gasteiger partial charge in [0.2, 0.25) is 0 Å². The standard InChI is InChI=1S/C21H23BrN2O6/c1-2-27-20(25)19-9-18(30-23-19)12-28-21(26)24-10-13-7-17(8-14(13)11-24)29-16-5-3-15(22)4-6-16/h3-6,9,13-14,17H,2,7-8,10-12H2,1H3/t13-,14+,17?. The Balaban J connectivity index is 1.22. The number of rotatable bonds is 6. The lowest BCUT2D eigenvalue weighted by atomic mass is 10.0. The molecule has 4 rings (SSSR count). The summed E-state index contributed by atoms with van der Waals surface area (Å²) in [5, 5.41) is 3.63. The highest BCUT2D eigenvalue weighted by Crippen LogP contribution is 2.40. The lowest BCUT2D eigenvalue weighted by Gasteiger charge is -2.19. The first-order valence-corrected chi connectivity index (χ1v) is 10.8. The Morgan fingerprint density at radius 2 is 1.87 bits per heavy atom. The summed E-state index contributed by atoms with van der Waals surface area (Å²) in [5.41, 5.74) is 0.0652. The summed E-state index contributed by atoms with van der Waals surface area (Å²) in [4.78, 5) is 25.7. The molecule has 9 heteroatoms. The SMILES string of the molecule is CCOC(=O)c1cc(COC(=O)N2C[C@H]3CC(Oc4ccc(Br)cc4)C[C@H]3C2)on1. The number of aromatic nitrogens is 1. The normalized spacial score (nSPS) is 22.6. The van der Waals surface area contributed by atoms with Crippen molar-refractivity contribution in [2.45, 2.75) is 32.5 Å². The van der Waals surface area contributed by atoms with Crippen molar-refractivity contribution in [2.75, 3.05) is 19.7 Å². The molecule has 0 radical (unpaired) electrons. The summed E-state index contributed by atoms with van der Waals surface area (Å²) in [7, 11) is 0. The van der Waals surface area contributed by atoms with Crippen LogP contribution in [0.4, 0.5) is 4.79 Å². The topological polar surface area (TPSA) is 91.1 Å². The molecule has 2 aromatic rings. The fraction of sp³-hybridized carbons (Fsp3) is 0.476. The second-order valence-electron chi connectivity index (χ2n) is 7.54. The molecule has 8 nitrogen and oxygen atoms in total. The molecule has 160 valence electrons. The summed E-state index contributed by atoms with van der Waals surface area (Å²) >= 11 is 3.42. The molecule has 1 aliphatic carbocycles. The average Bonchev–Trinajstić information content (AvgIpc) is 3.43.